The van der Waals surface area contributed by atoms with Crippen LogP contribution >= 0.6 is 11.8 Å². The zero-order valence-corrected chi connectivity index (χ0v) is 8.07. The summed E-state index contributed by atoms with van der Waals surface area (Å²) in [6.45, 7) is 2.11. The van der Waals surface area contributed by atoms with Crippen LogP contribution in [0.1, 0.15) is 6.92 Å². The summed E-state index contributed by atoms with van der Waals surface area (Å²) in [6.07, 6.45) is 0. The average molecular weight is 194 g/mol. The number of aromatic amines is 2. The summed E-state index contributed by atoms with van der Waals surface area (Å²) in [5.41, 5.74) is 1.60. The highest BCUT2D eigenvalue weighted by Gasteiger charge is 1.98. The van der Waals surface area contributed by atoms with E-state index in [0.717, 1.165) is 16.8 Å². The van der Waals surface area contributed by atoms with Crippen molar-refractivity contribution in [2.45, 2.75) is 11.8 Å². The third-order valence-electron chi connectivity index (χ3n) is 1.80. The van der Waals surface area contributed by atoms with Crippen LogP contribution in [0.4, 0.5) is 0 Å². The van der Waals surface area contributed by atoms with Gasteiger partial charge in [-0.15, -0.1) is 11.8 Å². The molecule has 2 aromatic rings. The van der Waals surface area contributed by atoms with Gasteiger partial charge >= 0.3 is 5.69 Å². The van der Waals surface area contributed by atoms with E-state index in [9.17, 15) is 4.79 Å². The molecule has 0 bridgehead atoms. The highest BCUT2D eigenvalue weighted by molar-refractivity contribution is 7.99. The number of nitrogens with one attached hydrogen (secondary N) is 2. The van der Waals surface area contributed by atoms with Gasteiger partial charge < -0.3 is 9.97 Å². The second kappa shape index (κ2) is 3.30. The Morgan fingerprint density at radius 1 is 1.31 bits per heavy atom. The standard InChI is InChI=1S/C9H10N2OS/c1-2-13-6-3-4-7-8(5-6)11-9(12)10-7/h3-5H,2H2,1H3,(H2,10,11,12). The van der Waals surface area contributed by atoms with E-state index in [2.05, 4.69) is 16.9 Å². The van der Waals surface area contributed by atoms with E-state index < -0.39 is 0 Å². The lowest BCUT2D eigenvalue weighted by atomic mass is 10.3. The average Bonchev–Trinajstić information content (AvgIpc) is 2.44. The maximum atomic E-state index is 10.9. The summed E-state index contributed by atoms with van der Waals surface area (Å²) >= 11 is 1.76. The van der Waals surface area contributed by atoms with Crippen LogP contribution in [-0.2, 0) is 0 Å². The fraction of sp³-hybridized carbons (Fsp3) is 0.222. The van der Waals surface area contributed by atoms with Crippen molar-refractivity contribution < 1.29 is 0 Å². The van der Waals surface area contributed by atoms with Gasteiger partial charge in [0.1, 0.15) is 0 Å². The molecular weight excluding hydrogens is 184 g/mol. The number of H-pyrrole nitrogens is 2. The van der Waals surface area contributed by atoms with Gasteiger partial charge in [0, 0.05) is 4.90 Å². The van der Waals surface area contributed by atoms with Crippen molar-refractivity contribution in [3.8, 4) is 0 Å². The second-order valence-corrected chi connectivity index (χ2v) is 4.06. The summed E-state index contributed by atoms with van der Waals surface area (Å²) in [7, 11) is 0. The number of benzene rings is 1. The summed E-state index contributed by atoms with van der Waals surface area (Å²) in [4.78, 5) is 17.6. The Bertz CT molecular complexity index is 472. The molecule has 68 valence electrons. The normalized spacial score (nSPS) is 10.8. The summed E-state index contributed by atoms with van der Waals surface area (Å²) < 4.78 is 0. The Morgan fingerprint density at radius 3 is 2.85 bits per heavy atom. The molecule has 0 amide bonds. The summed E-state index contributed by atoms with van der Waals surface area (Å²) in [5.74, 6) is 1.04. The first-order valence-corrected chi connectivity index (χ1v) is 5.13. The van der Waals surface area contributed by atoms with E-state index in [0.29, 0.717) is 0 Å². The quantitative estimate of drug-likeness (QED) is 0.718. The van der Waals surface area contributed by atoms with Crippen LogP contribution in [-0.4, -0.2) is 15.7 Å². The van der Waals surface area contributed by atoms with Crippen LogP contribution in [0.25, 0.3) is 11.0 Å². The fourth-order valence-electron chi connectivity index (χ4n) is 1.27. The molecule has 2 rings (SSSR count). The number of hydrogen-bond acceptors (Lipinski definition) is 2. The Balaban J connectivity index is 2.54. The molecule has 0 saturated heterocycles. The number of imidazole rings is 1. The summed E-state index contributed by atoms with van der Waals surface area (Å²) in [5, 5.41) is 0. The van der Waals surface area contributed by atoms with Gasteiger partial charge in [0.2, 0.25) is 0 Å². The van der Waals surface area contributed by atoms with Crippen LogP contribution in [0.2, 0.25) is 0 Å². The maximum absolute atomic E-state index is 10.9. The van der Waals surface area contributed by atoms with Gasteiger partial charge in [0.25, 0.3) is 0 Å². The molecule has 1 aromatic carbocycles. The van der Waals surface area contributed by atoms with E-state index in [1.165, 1.54) is 4.90 Å². The predicted octanol–water partition coefficient (Wildman–Crippen LogP) is 1.97. The molecule has 0 unspecified atom stereocenters. The molecule has 0 aliphatic rings. The first kappa shape index (κ1) is 8.44. The van der Waals surface area contributed by atoms with Crippen LogP contribution in [0.15, 0.2) is 27.9 Å². The number of aromatic nitrogens is 2. The zero-order valence-electron chi connectivity index (χ0n) is 7.26. The van der Waals surface area contributed by atoms with Crippen molar-refractivity contribution in [3.05, 3.63) is 28.7 Å². The van der Waals surface area contributed by atoms with E-state index in [1.54, 1.807) is 11.8 Å². The maximum Gasteiger partial charge on any atom is 0.323 e. The van der Waals surface area contributed by atoms with Crippen molar-refractivity contribution in [2.24, 2.45) is 0 Å². The molecular formula is C9H10N2OS. The third-order valence-corrected chi connectivity index (χ3v) is 2.67. The van der Waals surface area contributed by atoms with Gasteiger partial charge in [0.15, 0.2) is 0 Å². The van der Waals surface area contributed by atoms with Gasteiger partial charge in [-0.2, -0.15) is 0 Å². The van der Waals surface area contributed by atoms with Crippen LogP contribution in [0, 0.1) is 0 Å². The molecule has 0 atom stereocenters. The van der Waals surface area contributed by atoms with Gasteiger partial charge in [-0.3, -0.25) is 0 Å². The molecule has 0 saturated carbocycles. The van der Waals surface area contributed by atoms with Crippen LogP contribution < -0.4 is 5.69 Å². The molecule has 2 N–H and O–H groups in total. The first-order valence-electron chi connectivity index (χ1n) is 4.14. The predicted molar refractivity (Wildman–Crippen MR) is 55.3 cm³/mol. The molecule has 0 spiro atoms. The SMILES string of the molecule is CCSc1ccc2[nH]c(=O)[nH]c2c1. The highest BCUT2D eigenvalue weighted by Crippen LogP contribution is 2.20. The minimum absolute atomic E-state index is 0.145. The number of hydrogen-bond donors (Lipinski definition) is 2. The Morgan fingerprint density at radius 2 is 2.08 bits per heavy atom. The number of fused-ring (bicyclic) bond motifs is 1. The summed E-state index contributed by atoms with van der Waals surface area (Å²) in [6, 6.07) is 5.92. The lowest BCUT2D eigenvalue weighted by Crippen LogP contribution is -1.99. The number of thioether (sulfide) groups is 1. The molecule has 1 aromatic heterocycles. The van der Waals surface area contributed by atoms with Gasteiger partial charge in [-0.05, 0) is 24.0 Å². The molecule has 4 heteroatoms. The lowest BCUT2D eigenvalue weighted by molar-refractivity contribution is 1.21. The Labute approximate surface area is 79.6 Å². The molecule has 13 heavy (non-hydrogen) atoms. The van der Waals surface area contributed by atoms with E-state index in [-0.39, 0.29) is 5.69 Å². The monoisotopic (exact) mass is 194 g/mol. The van der Waals surface area contributed by atoms with Crippen molar-refractivity contribution in [2.75, 3.05) is 5.75 Å². The Hall–Kier alpha value is -1.16. The van der Waals surface area contributed by atoms with Crippen molar-refractivity contribution in [1.29, 1.82) is 0 Å². The smallest absolute Gasteiger partial charge is 0.306 e. The minimum atomic E-state index is -0.145. The van der Waals surface area contributed by atoms with E-state index >= 15 is 0 Å². The largest absolute Gasteiger partial charge is 0.323 e. The van der Waals surface area contributed by atoms with Crippen molar-refractivity contribution in [3.63, 3.8) is 0 Å². The molecule has 1 heterocycles. The molecule has 3 nitrogen and oxygen atoms in total. The van der Waals surface area contributed by atoms with E-state index in [1.807, 2.05) is 18.2 Å². The Kier molecular flexibility index (Phi) is 2.14. The van der Waals surface area contributed by atoms with E-state index in [4.69, 9.17) is 0 Å². The first-order chi connectivity index (χ1) is 6.29. The topological polar surface area (TPSA) is 48.6 Å². The van der Waals surface area contributed by atoms with Gasteiger partial charge in [-0.25, -0.2) is 4.79 Å². The lowest BCUT2D eigenvalue weighted by Gasteiger charge is -1.96. The molecule has 0 radical (unpaired) electrons. The molecule has 0 aliphatic carbocycles. The second-order valence-electron chi connectivity index (χ2n) is 2.72. The van der Waals surface area contributed by atoms with Crippen LogP contribution in [0.3, 0.4) is 0 Å². The molecule has 0 aliphatic heterocycles. The fourth-order valence-corrected chi connectivity index (χ4v) is 1.97. The van der Waals surface area contributed by atoms with Crippen molar-refractivity contribution in [1.82, 2.24) is 9.97 Å². The minimum Gasteiger partial charge on any atom is -0.306 e. The molecule has 0 fully saturated rings. The zero-order chi connectivity index (χ0) is 9.26. The van der Waals surface area contributed by atoms with Gasteiger partial charge in [-0.1, -0.05) is 6.92 Å². The van der Waals surface area contributed by atoms with Gasteiger partial charge in [0.05, 0.1) is 11.0 Å². The van der Waals surface area contributed by atoms with Crippen LogP contribution in [0.5, 0.6) is 0 Å². The van der Waals surface area contributed by atoms with Crippen molar-refractivity contribution >= 4 is 22.8 Å². The third kappa shape index (κ3) is 1.62. The number of rotatable bonds is 2. The highest BCUT2D eigenvalue weighted by atomic mass is 32.2.